The van der Waals surface area contributed by atoms with Gasteiger partial charge in [-0.05, 0) is 24.8 Å². The number of hydrogen-bond acceptors (Lipinski definition) is 5. The van der Waals surface area contributed by atoms with Crippen LogP contribution in [0.1, 0.15) is 45.7 Å². The van der Waals surface area contributed by atoms with Gasteiger partial charge in [-0.15, -0.1) is 0 Å². The number of carbonyl (C=O) groups excluding carboxylic acids is 2. The van der Waals surface area contributed by atoms with E-state index in [4.69, 9.17) is 5.11 Å². The van der Waals surface area contributed by atoms with Crippen molar-refractivity contribution in [3.05, 3.63) is 24.3 Å². The van der Waals surface area contributed by atoms with Gasteiger partial charge in [-0.1, -0.05) is 27.2 Å². The third-order valence-electron chi connectivity index (χ3n) is 4.25. The van der Waals surface area contributed by atoms with Crippen LogP contribution in [0.15, 0.2) is 23.6 Å². The summed E-state index contributed by atoms with van der Waals surface area (Å²) in [5.41, 5.74) is -0.536. The van der Waals surface area contributed by atoms with Gasteiger partial charge in [-0.25, -0.2) is 14.8 Å². The van der Waals surface area contributed by atoms with Crippen LogP contribution in [0, 0.1) is 11.3 Å². The number of aromatic nitrogens is 2. The first-order valence-electron chi connectivity index (χ1n) is 8.29. The van der Waals surface area contributed by atoms with Crippen LogP contribution in [0.2, 0.25) is 0 Å². The van der Waals surface area contributed by atoms with Gasteiger partial charge in [-0.2, -0.15) is 0 Å². The van der Waals surface area contributed by atoms with Gasteiger partial charge >= 0.3 is 35.5 Å². The van der Waals surface area contributed by atoms with Gasteiger partial charge in [0.05, 0.1) is 18.0 Å². The zero-order valence-electron chi connectivity index (χ0n) is 16.0. The average molecular weight is 386 g/mol. The fourth-order valence-corrected chi connectivity index (χ4v) is 2.82. The molecule has 3 N–H and O–H groups in total. The molecule has 0 aliphatic carbocycles. The van der Waals surface area contributed by atoms with Crippen molar-refractivity contribution < 1.29 is 54.2 Å². The Morgan fingerprint density at radius 1 is 1.41 bits per heavy atom. The molecule has 1 aliphatic rings. The van der Waals surface area contributed by atoms with Crippen molar-refractivity contribution in [2.75, 3.05) is 0 Å². The van der Waals surface area contributed by atoms with E-state index >= 15 is 0 Å². The number of nitrogens with one attached hydrogen (secondary N) is 2. The summed E-state index contributed by atoms with van der Waals surface area (Å²) >= 11 is 0. The predicted molar refractivity (Wildman–Crippen MR) is 92.6 cm³/mol. The molecule has 2 rings (SSSR count). The smallest absolute Gasteiger partial charge is 0.846 e. The molecule has 0 saturated heterocycles. The van der Waals surface area contributed by atoms with E-state index in [1.165, 1.54) is 12.4 Å². The number of carbonyl (C=O) groups is 3. The normalized spacial score (nSPS) is 20.0. The summed E-state index contributed by atoms with van der Waals surface area (Å²) in [5, 5.41) is 21.3. The topological polar surface area (TPSA) is 148 Å². The Labute approximate surface area is 179 Å². The number of amides is 2. The fraction of sp³-hybridized carbons (Fsp3) is 0.471. The number of aromatic amines is 1. The van der Waals surface area contributed by atoms with Crippen molar-refractivity contribution in [2.24, 2.45) is 16.3 Å². The number of rotatable bonds is 6. The molecule has 0 spiro atoms. The van der Waals surface area contributed by atoms with E-state index in [1.54, 1.807) is 13.1 Å². The van der Waals surface area contributed by atoms with Gasteiger partial charge in [0, 0.05) is 12.3 Å². The number of aliphatic imine (C=N–C) groups is 1. The molecule has 10 heteroatoms. The monoisotopic (exact) mass is 386 g/mol. The second-order valence-corrected chi connectivity index (χ2v) is 5.86. The molecule has 2 amide bonds. The molecule has 2 heterocycles. The van der Waals surface area contributed by atoms with Crippen molar-refractivity contribution in [1.29, 1.82) is 0 Å². The van der Waals surface area contributed by atoms with Crippen LogP contribution in [0.4, 0.5) is 0 Å². The molecule has 9 nitrogen and oxygen atoms in total. The summed E-state index contributed by atoms with van der Waals surface area (Å²) < 4.78 is 0. The van der Waals surface area contributed by atoms with Crippen molar-refractivity contribution in [2.45, 2.75) is 40.0 Å². The third kappa shape index (κ3) is 6.60. The van der Waals surface area contributed by atoms with Crippen LogP contribution in [-0.4, -0.2) is 38.9 Å². The standard InChI is InChI=1S/C11H18N2O3.C6H6N2O2.Na/c1-4-6-7(3)11(5-2)8(14)12-10(16)13-9(11)15;9-6(10)2-1-5-3-7-4-8-5;/h7H,4-6H2,1-3H3,(H2,12,13,14,15,16);1-4H,(H,7,8)(H,9,10);/q;;+1/p-1/b;2-1+;. The van der Waals surface area contributed by atoms with Crippen LogP contribution in [0.25, 0.3) is 6.08 Å². The molecular weight excluding hydrogens is 363 g/mol. The van der Waals surface area contributed by atoms with Crippen LogP contribution in [0.5, 0.6) is 0 Å². The number of amidine groups is 1. The summed E-state index contributed by atoms with van der Waals surface area (Å²) in [6.07, 6.45) is 7.57. The van der Waals surface area contributed by atoms with E-state index in [0.717, 1.165) is 18.9 Å². The Balaban J connectivity index is 0.000000531. The average Bonchev–Trinajstić information content (AvgIpc) is 3.07. The van der Waals surface area contributed by atoms with Crippen molar-refractivity contribution >= 4 is 29.9 Å². The minimum absolute atomic E-state index is 0. The number of carboxylic acids is 1. The molecular formula is C17H23N4NaO5. The number of nitrogens with zero attached hydrogens (tertiary/aromatic N) is 2. The molecule has 142 valence electrons. The number of hydrogen-bond donors (Lipinski definition) is 3. The molecule has 0 radical (unpaired) electrons. The summed E-state index contributed by atoms with van der Waals surface area (Å²) in [5.74, 6) is -2.17. The molecule has 1 aromatic rings. The van der Waals surface area contributed by atoms with E-state index in [-0.39, 0.29) is 35.5 Å². The molecule has 0 saturated carbocycles. The molecule has 0 bridgehead atoms. The van der Waals surface area contributed by atoms with Crippen LogP contribution >= 0.6 is 0 Å². The quantitative estimate of drug-likeness (QED) is 0.285. The van der Waals surface area contributed by atoms with E-state index in [1.807, 2.05) is 13.8 Å². The van der Waals surface area contributed by atoms with Crippen LogP contribution in [-0.2, 0) is 14.4 Å². The Morgan fingerprint density at radius 3 is 2.52 bits per heavy atom. The van der Waals surface area contributed by atoms with Crippen molar-refractivity contribution in [1.82, 2.24) is 15.3 Å². The predicted octanol–water partition coefficient (Wildman–Crippen LogP) is -2.30. The van der Waals surface area contributed by atoms with Crippen LogP contribution in [0.3, 0.4) is 0 Å². The first-order chi connectivity index (χ1) is 12.3. The minimum atomic E-state index is -1.15. The molecule has 27 heavy (non-hydrogen) atoms. The van der Waals surface area contributed by atoms with Crippen molar-refractivity contribution in [3.8, 4) is 0 Å². The maximum atomic E-state index is 11.9. The molecule has 1 aliphatic heterocycles. The molecule has 0 fully saturated rings. The first-order valence-corrected chi connectivity index (χ1v) is 8.29. The van der Waals surface area contributed by atoms with Gasteiger partial charge in [0.25, 0.3) is 5.91 Å². The molecule has 2 unspecified atom stereocenters. The minimum Gasteiger partial charge on any atom is -0.846 e. The maximum absolute atomic E-state index is 11.9. The third-order valence-corrected chi connectivity index (χ3v) is 4.25. The second kappa shape index (κ2) is 11.7. The number of carboxylic acid groups (broad SMARTS) is 1. The van der Waals surface area contributed by atoms with E-state index in [0.29, 0.717) is 12.1 Å². The number of H-pyrrole nitrogens is 1. The SMILES string of the molecule is CCCC(C)C1(CC)C(=O)N=C([O-])NC1=O.O=C(O)/C=C/c1c[nH]cn1.[Na+]. The van der Waals surface area contributed by atoms with Gasteiger partial charge in [0.15, 0.2) is 0 Å². The molecule has 2 atom stereocenters. The summed E-state index contributed by atoms with van der Waals surface area (Å²) in [6.45, 7) is 5.62. The molecule has 1 aromatic heterocycles. The summed E-state index contributed by atoms with van der Waals surface area (Å²) in [6, 6.07) is -0.845. The largest absolute Gasteiger partial charge is 1.00 e. The van der Waals surface area contributed by atoms with E-state index < -0.39 is 29.2 Å². The fourth-order valence-electron chi connectivity index (χ4n) is 2.82. The van der Waals surface area contributed by atoms with E-state index in [2.05, 4.69) is 20.3 Å². The van der Waals surface area contributed by atoms with E-state index in [9.17, 15) is 19.5 Å². The summed E-state index contributed by atoms with van der Waals surface area (Å²) in [7, 11) is 0. The number of aliphatic carboxylic acids is 1. The Kier molecular flexibility index (Phi) is 10.8. The van der Waals surface area contributed by atoms with Gasteiger partial charge in [0.1, 0.15) is 5.41 Å². The van der Waals surface area contributed by atoms with Gasteiger partial charge < -0.3 is 20.5 Å². The Hall–Kier alpha value is -1.97. The molecule has 0 aromatic carbocycles. The number of imidazole rings is 1. The zero-order chi connectivity index (χ0) is 19.7. The Morgan fingerprint density at radius 2 is 2.07 bits per heavy atom. The summed E-state index contributed by atoms with van der Waals surface area (Å²) in [4.78, 5) is 43.5. The Bertz CT molecular complexity index is 702. The second-order valence-electron chi connectivity index (χ2n) is 5.86. The zero-order valence-corrected chi connectivity index (χ0v) is 18.0. The maximum Gasteiger partial charge on any atom is 1.00 e. The van der Waals surface area contributed by atoms with Gasteiger partial charge in [-0.3, -0.25) is 9.59 Å². The van der Waals surface area contributed by atoms with Gasteiger partial charge in [0.2, 0.25) is 5.91 Å². The van der Waals surface area contributed by atoms with Crippen molar-refractivity contribution in [3.63, 3.8) is 0 Å². The van der Waals surface area contributed by atoms with Crippen LogP contribution < -0.4 is 40.0 Å². The first kappa shape index (κ1) is 25.0.